The van der Waals surface area contributed by atoms with E-state index in [2.05, 4.69) is 0 Å². The standard InChI is InChI=1S/C15H10O3/c16-15(13-7-8-17-10-13)18-14-6-5-11-3-1-2-4-12(11)9-14/h1-10H. The molecule has 0 saturated carbocycles. The van der Waals surface area contributed by atoms with Gasteiger partial charge in [0.1, 0.15) is 12.0 Å². The maximum atomic E-state index is 11.7. The first-order chi connectivity index (χ1) is 8.83. The van der Waals surface area contributed by atoms with Crippen LogP contribution in [0.2, 0.25) is 0 Å². The second-order valence-corrected chi connectivity index (χ2v) is 3.91. The lowest BCUT2D eigenvalue weighted by molar-refractivity contribution is 0.0734. The average Bonchev–Trinajstić information content (AvgIpc) is 2.92. The van der Waals surface area contributed by atoms with Crippen molar-refractivity contribution >= 4 is 16.7 Å². The molecule has 0 amide bonds. The second kappa shape index (κ2) is 4.37. The molecule has 3 aromatic rings. The van der Waals surface area contributed by atoms with Crippen molar-refractivity contribution in [2.24, 2.45) is 0 Å². The summed E-state index contributed by atoms with van der Waals surface area (Å²) in [7, 11) is 0. The minimum atomic E-state index is -0.418. The van der Waals surface area contributed by atoms with Crippen LogP contribution in [0.3, 0.4) is 0 Å². The van der Waals surface area contributed by atoms with Gasteiger partial charge in [0.25, 0.3) is 0 Å². The van der Waals surface area contributed by atoms with Gasteiger partial charge < -0.3 is 9.15 Å². The molecule has 18 heavy (non-hydrogen) atoms. The van der Waals surface area contributed by atoms with Crippen LogP contribution in [0.15, 0.2) is 65.5 Å². The van der Waals surface area contributed by atoms with Gasteiger partial charge >= 0.3 is 5.97 Å². The maximum absolute atomic E-state index is 11.7. The fraction of sp³-hybridized carbons (Fsp3) is 0. The quantitative estimate of drug-likeness (QED) is 0.505. The van der Waals surface area contributed by atoms with Crippen LogP contribution in [0.1, 0.15) is 10.4 Å². The molecular formula is C15H10O3. The minimum Gasteiger partial charge on any atom is -0.472 e. The summed E-state index contributed by atoms with van der Waals surface area (Å²) in [5.74, 6) is 0.110. The van der Waals surface area contributed by atoms with Crippen LogP contribution in [0.25, 0.3) is 10.8 Å². The fourth-order valence-electron chi connectivity index (χ4n) is 1.78. The highest BCUT2D eigenvalue weighted by Gasteiger charge is 2.09. The van der Waals surface area contributed by atoms with Crippen molar-refractivity contribution in [1.82, 2.24) is 0 Å². The Balaban J connectivity index is 1.89. The number of esters is 1. The van der Waals surface area contributed by atoms with E-state index in [1.165, 1.54) is 12.5 Å². The summed E-state index contributed by atoms with van der Waals surface area (Å²) in [6, 6.07) is 15.0. The van der Waals surface area contributed by atoms with Crippen LogP contribution in [0, 0.1) is 0 Å². The van der Waals surface area contributed by atoms with Gasteiger partial charge in [-0.15, -0.1) is 0 Å². The average molecular weight is 238 g/mol. The Labute approximate surface area is 104 Å². The summed E-state index contributed by atoms with van der Waals surface area (Å²) in [6.07, 6.45) is 2.81. The normalized spacial score (nSPS) is 10.4. The Morgan fingerprint density at radius 3 is 2.61 bits per heavy atom. The molecule has 3 heteroatoms. The lowest BCUT2D eigenvalue weighted by Gasteiger charge is -2.04. The van der Waals surface area contributed by atoms with Crippen LogP contribution in [0.4, 0.5) is 0 Å². The van der Waals surface area contributed by atoms with E-state index >= 15 is 0 Å². The second-order valence-electron chi connectivity index (χ2n) is 3.91. The summed E-state index contributed by atoms with van der Waals surface area (Å²) in [6.45, 7) is 0. The number of hydrogen-bond donors (Lipinski definition) is 0. The molecule has 0 saturated heterocycles. The van der Waals surface area contributed by atoms with Gasteiger partial charge in [0, 0.05) is 0 Å². The minimum absolute atomic E-state index is 0.406. The monoisotopic (exact) mass is 238 g/mol. The number of carbonyl (C=O) groups excluding carboxylic acids is 1. The van der Waals surface area contributed by atoms with E-state index in [4.69, 9.17) is 9.15 Å². The van der Waals surface area contributed by atoms with Crippen LogP contribution in [-0.4, -0.2) is 5.97 Å². The lowest BCUT2D eigenvalue weighted by atomic mass is 10.1. The molecule has 0 bridgehead atoms. The zero-order valence-corrected chi connectivity index (χ0v) is 9.50. The molecule has 0 aliphatic carbocycles. The summed E-state index contributed by atoms with van der Waals surface area (Å²) in [5.41, 5.74) is 0.406. The number of fused-ring (bicyclic) bond motifs is 1. The smallest absolute Gasteiger partial charge is 0.346 e. The molecule has 0 radical (unpaired) electrons. The van der Waals surface area contributed by atoms with Gasteiger partial charge in [0.05, 0.1) is 11.8 Å². The Bertz CT molecular complexity index is 684. The van der Waals surface area contributed by atoms with Gasteiger partial charge in [-0.25, -0.2) is 4.79 Å². The molecule has 0 spiro atoms. The third-order valence-electron chi connectivity index (χ3n) is 2.69. The Hall–Kier alpha value is -2.55. The largest absolute Gasteiger partial charge is 0.472 e. The van der Waals surface area contributed by atoms with E-state index in [1.807, 2.05) is 36.4 Å². The van der Waals surface area contributed by atoms with Gasteiger partial charge in [-0.05, 0) is 29.0 Å². The first-order valence-corrected chi connectivity index (χ1v) is 5.56. The Morgan fingerprint density at radius 1 is 1.00 bits per heavy atom. The SMILES string of the molecule is O=C(Oc1ccc2ccccc2c1)c1ccoc1. The summed E-state index contributed by atoms with van der Waals surface area (Å²) in [5, 5.41) is 2.15. The molecule has 0 aliphatic rings. The highest BCUT2D eigenvalue weighted by Crippen LogP contribution is 2.21. The number of furan rings is 1. The lowest BCUT2D eigenvalue weighted by Crippen LogP contribution is -2.06. The number of hydrogen-bond acceptors (Lipinski definition) is 3. The zero-order valence-electron chi connectivity index (χ0n) is 9.50. The third-order valence-corrected chi connectivity index (χ3v) is 2.69. The van der Waals surface area contributed by atoms with E-state index in [1.54, 1.807) is 12.1 Å². The molecule has 3 nitrogen and oxygen atoms in total. The van der Waals surface area contributed by atoms with E-state index in [0.717, 1.165) is 10.8 Å². The molecule has 88 valence electrons. The number of rotatable bonds is 2. The van der Waals surface area contributed by atoms with Gasteiger partial charge in [-0.3, -0.25) is 0 Å². The van der Waals surface area contributed by atoms with Crippen molar-refractivity contribution in [3.05, 3.63) is 66.6 Å². The van der Waals surface area contributed by atoms with Crippen molar-refractivity contribution in [2.75, 3.05) is 0 Å². The number of carbonyl (C=O) groups is 1. The molecular weight excluding hydrogens is 228 g/mol. The van der Waals surface area contributed by atoms with Crippen LogP contribution in [-0.2, 0) is 0 Å². The van der Waals surface area contributed by atoms with Crippen molar-refractivity contribution in [3.63, 3.8) is 0 Å². The molecule has 0 fully saturated rings. The highest BCUT2D eigenvalue weighted by molar-refractivity contribution is 5.91. The molecule has 0 unspecified atom stereocenters. The van der Waals surface area contributed by atoms with Crippen LogP contribution < -0.4 is 4.74 Å². The predicted octanol–water partition coefficient (Wildman–Crippen LogP) is 3.65. The van der Waals surface area contributed by atoms with E-state index < -0.39 is 5.97 Å². The van der Waals surface area contributed by atoms with Crippen molar-refractivity contribution in [3.8, 4) is 5.75 Å². The van der Waals surface area contributed by atoms with E-state index in [0.29, 0.717) is 11.3 Å². The van der Waals surface area contributed by atoms with Gasteiger partial charge in [0.15, 0.2) is 0 Å². The first kappa shape index (κ1) is 10.6. The Morgan fingerprint density at radius 2 is 1.83 bits per heavy atom. The first-order valence-electron chi connectivity index (χ1n) is 5.56. The topological polar surface area (TPSA) is 39.4 Å². The molecule has 1 heterocycles. The molecule has 0 atom stereocenters. The number of ether oxygens (including phenoxy) is 1. The summed E-state index contributed by atoms with van der Waals surface area (Å²) >= 11 is 0. The Kier molecular flexibility index (Phi) is 2.57. The van der Waals surface area contributed by atoms with Gasteiger partial charge in [0.2, 0.25) is 0 Å². The molecule has 0 aliphatic heterocycles. The highest BCUT2D eigenvalue weighted by atomic mass is 16.5. The van der Waals surface area contributed by atoms with Crippen LogP contribution >= 0.6 is 0 Å². The summed E-state index contributed by atoms with van der Waals surface area (Å²) in [4.78, 5) is 11.7. The van der Waals surface area contributed by atoms with E-state index in [-0.39, 0.29) is 0 Å². The third kappa shape index (κ3) is 1.98. The summed E-state index contributed by atoms with van der Waals surface area (Å²) < 4.78 is 10.1. The van der Waals surface area contributed by atoms with Crippen molar-refractivity contribution in [1.29, 1.82) is 0 Å². The fourth-order valence-corrected chi connectivity index (χ4v) is 1.78. The molecule has 3 rings (SSSR count). The van der Waals surface area contributed by atoms with Gasteiger partial charge in [-0.1, -0.05) is 30.3 Å². The molecule has 1 aromatic heterocycles. The van der Waals surface area contributed by atoms with E-state index in [9.17, 15) is 4.79 Å². The predicted molar refractivity (Wildman–Crippen MR) is 67.6 cm³/mol. The van der Waals surface area contributed by atoms with Crippen molar-refractivity contribution < 1.29 is 13.9 Å². The number of benzene rings is 2. The molecule has 2 aromatic carbocycles. The van der Waals surface area contributed by atoms with Crippen molar-refractivity contribution in [2.45, 2.75) is 0 Å². The zero-order chi connectivity index (χ0) is 12.4. The van der Waals surface area contributed by atoms with Gasteiger partial charge in [-0.2, -0.15) is 0 Å². The molecule has 0 N–H and O–H groups in total. The maximum Gasteiger partial charge on any atom is 0.346 e. The van der Waals surface area contributed by atoms with Crippen LogP contribution in [0.5, 0.6) is 5.75 Å².